The average molecular weight is 496 g/mol. The Hall–Kier alpha value is -2.50. The van der Waals surface area contributed by atoms with Gasteiger partial charge in [-0.2, -0.15) is 0 Å². The predicted octanol–water partition coefficient (Wildman–Crippen LogP) is 5.86. The summed E-state index contributed by atoms with van der Waals surface area (Å²) in [6.45, 7) is 5.87. The number of carboxylic acid groups (broad SMARTS) is 1. The Kier molecular flexibility index (Phi) is 6.82. The molecule has 4 atom stereocenters. The number of carboxylic acids is 1. The van der Waals surface area contributed by atoms with Gasteiger partial charge in [0.05, 0.1) is 24.0 Å². The van der Waals surface area contributed by atoms with Crippen LogP contribution < -0.4 is 9.64 Å². The molecule has 35 heavy (non-hydrogen) atoms. The van der Waals surface area contributed by atoms with Crippen LogP contribution in [0.25, 0.3) is 0 Å². The van der Waals surface area contributed by atoms with Crippen LogP contribution in [0.2, 0.25) is 5.02 Å². The van der Waals surface area contributed by atoms with Gasteiger partial charge in [0.15, 0.2) is 0 Å². The summed E-state index contributed by atoms with van der Waals surface area (Å²) in [5.74, 6) is 0.417. The van der Waals surface area contributed by atoms with Gasteiger partial charge in [-0.05, 0) is 98.2 Å². The van der Waals surface area contributed by atoms with Gasteiger partial charge in [0.1, 0.15) is 5.75 Å². The fraction of sp³-hybridized carbons (Fsp3) is 0.483. The lowest BCUT2D eigenvalue weighted by Crippen LogP contribution is -2.49. The van der Waals surface area contributed by atoms with Gasteiger partial charge in [-0.25, -0.2) is 4.79 Å². The van der Waals surface area contributed by atoms with Crippen molar-refractivity contribution >= 4 is 23.3 Å². The number of halogens is 1. The number of allylic oxidation sites excluding steroid dienone is 1. The number of aliphatic hydroxyl groups is 1. The summed E-state index contributed by atoms with van der Waals surface area (Å²) in [5.41, 5.74) is 3.49. The van der Waals surface area contributed by atoms with E-state index in [1.807, 2.05) is 12.1 Å². The van der Waals surface area contributed by atoms with Gasteiger partial charge in [-0.3, -0.25) is 0 Å². The van der Waals surface area contributed by atoms with Crippen molar-refractivity contribution in [2.75, 3.05) is 24.6 Å². The number of carbonyl (C=O) groups is 1. The Morgan fingerprint density at radius 3 is 2.89 bits per heavy atom. The molecule has 186 valence electrons. The molecule has 6 heteroatoms. The molecular formula is C29H34ClNO4. The van der Waals surface area contributed by atoms with Crippen molar-refractivity contribution in [2.45, 2.75) is 56.5 Å². The molecule has 1 saturated carbocycles. The van der Waals surface area contributed by atoms with E-state index < -0.39 is 5.97 Å². The number of ether oxygens (including phenoxy) is 1. The van der Waals surface area contributed by atoms with Gasteiger partial charge < -0.3 is 19.8 Å². The monoisotopic (exact) mass is 495 g/mol. The Bertz CT molecular complexity index is 1120. The second kappa shape index (κ2) is 9.87. The number of hydrogen-bond acceptors (Lipinski definition) is 4. The van der Waals surface area contributed by atoms with Crippen molar-refractivity contribution in [3.05, 3.63) is 70.8 Å². The van der Waals surface area contributed by atoms with E-state index in [9.17, 15) is 15.0 Å². The minimum absolute atomic E-state index is 0.193. The first-order valence-corrected chi connectivity index (χ1v) is 13.1. The smallest absolute Gasteiger partial charge is 0.335 e. The van der Waals surface area contributed by atoms with E-state index in [2.05, 4.69) is 23.6 Å². The van der Waals surface area contributed by atoms with Gasteiger partial charge in [-0.15, -0.1) is 6.58 Å². The molecule has 0 amide bonds. The van der Waals surface area contributed by atoms with Gasteiger partial charge in [0.2, 0.25) is 0 Å². The fourth-order valence-corrected chi connectivity index (χ4v) is 6.56. The van der Waals surface area contributed by atoms with Crippen LogP contribution in [0.5, 0.6) is 5.75 Å². The molecule has 1 heterocycles. The van der Waals surface area contributed by atoms with Crippen LogP contribution in [0.4, 0.5) is 5.69 Å². The zero-order valence-corrected chi connectivity index (χ0v) is 20.8. The predicted molar refractivity (Wildman–Crippen MR) is 139 cm³/mol. The minimum atomic E-state index is -0.939. The Labute approximate surface area is 212 Å². The van der Waals surface area contributed by atoms with E-state index >= 15 is 0 Å². The number of hydrogen-bond donors (Lipinski definition) is 2. The number of fused-ring (bicyclic) bond motifs is 3. The van der Waals surface area contributed by atoms with Gasteiger partial charge in [0.25, 0.3) is 0 Å². The van der Waals surface area contributed by atoms with E-state index in [0.717, 1.165) is 74.5 Å². The second-order valence-electron chi connectivity index (χ2n) is 10.5. The van der Waals surface area contributed by atoms with Crippen LogP contribution >= 0.6 is 11.6 Å². The number of rotatable bonds is 7. The van der Waals surface area contributed by atoms with Gasteiger partial charge in [0, 0.05) is 23.5 Å². The lowest BCUT2D eigenvalue weighted by atomic mass is 9.68. The highest BCUT2D eigenvalue weighted by Crippen LogP contribution is 2.46. The minimum Gasteiger partial charge on any atom is -0.490 e. The number of nitrogens with zero attached hydrogens (tertiary/aromatic N) is 1. The third-order valence-electron chi connectivity index (χ3n) is 8.38. The van der Waals surface area contributed by atoms with Crippen LogP contribution in [0, 0.1) is 11.8 Å². The van der Waals surface area contributed by atoms with E-state index in [0.29, 0.717) is 12.5 Å². The fourth-order valence-electron chi connectivity index (χ4n) is 6.36. The quantitative estimate of drug-likeness (QED) is 0.470. The van der Waals surface area contributed by atoms with Crippen molar-refractivity contribution in [3.8, 4) is 5.75 Å². The molecule has 2 aromatic carbocycles. The van der Waals surface area contributed by atoms with Crippen LogP contribution in [-0.4, -0.2) is 42.0 Å². The normalized spacial score (nSPS) is 26.1. The maximum atomic E-state index is 11.8. The van der Waals surface area contributed by atoms with Crippen molar-refractivity contribution in [1.29, 1.82) is 0 Å². The molecule has 1 spiro atoms. The molecule has 2 N–H and O–H groups in total. The maximum Gasteiger partial charge on any atom is 0.335 e. The van der Waals surface area contributed by atoms with E-state index in [1.54, 1.807) is 18.2 Å². The maximum absolute atomic E-state index is 11.8. The second-order valence-corrected chi connectivity index (χ2v) is 11.0. The van der Waals surface area contributed by atoms with Crippen molar-refractivity contribution in [2.24, 2.45) is 11.8 Å². The number of aryl methyl sites for hydroxylation is 1. The lowest BCUT2D eigenvalue weighted by Gasteiger charge is -2.45. The molecule has 0 bridgehead atoms. The number of anilines is 1. The molecule has 1 fully saturated rings. The van der Waals surface area contributed by atoms with Crippen molar-refractivity contribution in [3.63, 3.8) is 0 Å². The molecule has 1 aliphatic heterocycles. The summed E-state index contributed by atoms with van der Waals surface area (Å²) >= 11 is 6.33. The molecule has 2 aliphatic carbocycles. The lowest BCUT2D eigenvalue weighted by molar-refractivity contribution is 0.0112. The summed E-state index contributed by atoms with van der Waals surface area (Å²) in [7, 11) is 0. The first-order valence-electron chi connectivity index (χ1n) is 12.7. The van der Waals surface area contributed by atoms with Crippen LogP contribution in [-0.2, 0) is 11.8 Å². The molecule has 2 aromatic rings. The highest BCUT2D eigenvalue weighted by Gasteiger charge is 2.44. The Balaban J connectivity index is 1.50. The first-order chi connectivity index (χ1) is 16.9. The first kappa shape index (κ1) is 24.2. The van der Waals surface area contributed by atoms with Crippen LogP contribution in [0.1, 0.15) is 60.0 Å². The highest BCUT2D eigenvalue weighted by atomic mass is 35.5. The SMILES string of the molecule is C=CCC[C@H](O)[C@@H]1CC[C@H]1CN1C[C@@]2(CCCc3cc(Cl)ccc32)COc2ccc(C(=O)O)cc21. The van der Waals surface area contributed by atoms with Crippen molar-refractivity contribution in [1.82, 2.24) is 0 Å². The summed E-state index contributed by atoms with van der Waals surface area (Å²) < 4.78 is 6.43. The molecule has 0 radical (unpaired) electrons. The highest BCUT2D eigenvalue weighted by molar-refractivity contribution is 6.30. The zero-order valence-electron chi connectivity index (χ0n) is 20.1. The molecule has 5 rings (SSSR count). The third-order valence-corrected chi connectivity index (χ3v) is 8.61. The van der Waals surface area contributed by atoms with E-state index in [4.69, 9.17) is 16.3 Å². The Morgan fingerprint density at radius 1 is 1.29 bits per heavy atom. The topological polar surface area (TPSA) is 70.0 Å². The largest absolute Gasteiger partial charge is 0.490 e. The molecule has 0 aromatic heterocycles. The average Bonchev–Trinajstić information content (AvgIpc) is 2.97. The summed E-state index contributed by atoms with van der Waals surface area (Å²) in [6.07, 6.45) is 8.27. The van der Waals surface area contributed by atoms with Crippen LogP contribution in [0.15, 0.2) is 49.1 Å². The molecule has 3 aliphatic rings. The van der Waals surface area contributed by atoms with Crippen LogP contribution in [0.3, 0.4) is 0 Å². The molecular weight excluding hydrogens is 462 g/mol. The summed E-state index contributed by atoms with van der Waals surface area (Å²) in [4.78, 5) is 14.1. The van der Waals surface area contributed by atoms with E-state index in [-0.39, 0.29) is 23.0 Å². The Morgan fingerprint density at radius 2 is 2.14 bits per heavy atom. The zero-order chi connectivity index (χ0) is 24.6. The summed E-state index contributed by atoms with van der Waals surface area (Å²) in [6, 6.07) is 11.4. The third kappa shape index (κ3) is 4.68. The number of benzene rings is 2. The van der Waals surface area contributed by atoms with Crippen molar-refractivity contribution < 1.29 is 19.7 Å². The number of aliphatic hydroxyl groups excluding tert-OH is 1. The van der Waals surface area contributed by atoms with E-state index in [1.165, 1.54) is 11.1 Å². The molecule has 0 unspecified atom stereocenters. The standard InChI is InChI=1S/C29H34ClNO4/c1-2-3-6-26(32)23-10-7-21(23)16-31-17-29(13-4-5-19-14-22(30)9-11-24(19)29)18-35-27-12-8-20(28(33)34)15-25(27)31/h2,8-9,11-12,14-15,21,23,26,32H,1,3-7,10,13,16-18H2,(H,33,34)/t21-,23+,26-,29-/m0/s1. The van der Waals surface area contributed by atoms with Gasteiger partial charge >= 0.3 is 5.97 Å². The number of aromatic carboxylic acids is 1. The van der Waals surface area contributed by atoms with Gasteiger partial charge in [-0.1, -0.05) is 23.7 Å². The summed E-state index contributed by atoms with van der Waals surface area (Å²) in [5, 5.41) is 21.2. The molecule has 5 nitrogen and oxygen atoms in total. The molecule has 0 saturated heterocycles.